The fourth-order valence-electron chi connectivity index (χ4n) is 2.23. The summed E-state index contributed by atoms with van der Waals surface area (Å²) in [4.78, 5) is 5.77. The Bertz CT molecular complexity index is 522. The first-order chi connectivity index (χ1) is 9.93. The number of alkyl halides is 3. The number of para-hydroxylation sites is 1. The van der Waals surface area contributed by atoms with Gasteiger partial charge in [-0.3, -0.25) is 0 Å². The average molecular weight is 429 g/mol. The predicted octanol–water partition coefficient (Wildman–Crippen LogP) is 2.56. The highest BCUT2D eigenvalue weighted by atomic mass is 127. The van der Waals surface area contributed by atoms with E-state index in [0.717, 1.165) is 17.7 Å². The van der Waals surface area contributed by atoms with E-state index in [-0.39, 0.29) is 24.0 Å². The normalized spacial score (nSPS) is 16.0. The smallest absolute Gasteiger partial charge is 0.382 e. The van der Waals surface area contributed by atoms with Crippen LogP contribution in [0.1, 0.15) is 12.5 Å². The zero-order valence-electron chi connectivity index (χ0n) is 12.1. The molecule has 0 saturated carbocycles. The highest BCUT2D eigenvalue weighted by molar-refractivity contribution is 14.0. The maximum absolute atomic E-state index is 12.3. The highest BCUT2D eigenvalue weighted by Crippen LogP contribution is 2.27. The number of hydrogen-bond donors (Lipinski definition) is 2. The molecule has 0 radical (unpaired) electrons. The lowest BCUT2D eigenvalue weighted by Crippen LogP contribution is -2.42. The van der Waals surface area contributed by atoms with Crippen molar-refractivity contribution in [1.29, 1.82) is 0 Å². The number of benzene rings is 1. The van der Waals surface area contributed by atoms with Crippen molar-refractivity contribution in [2.24, 2.45) is 4.99 Å². The molecule has 0 aliphatic carbocycles. The van der Waals surface area contributed by atoms with Crippen LogP contribution in [0, 0.1) is 0 Å². The molecule has 1 heterocycles. The fraction of sp³-hybridized carbons (Fsp3) is 0.500. The molecule has 0 fully saturated rings. The second kappa shape index (κ2) is 8.00. The Hall–Kier alpha value is -1.03. The SMILES string of the molecule is CCNC(=NCC(O)C(F)(F)F)N1CCc2ccccc21.I. The molecule has 1 aliphatic rings. The maximum Gasteiger partial charge on any atom is 0.416 e. The average Bonchev–Trinajstić information content (AvgIpc) is 2.86. The van der Waals surface area contributed by atoms with Crippen molar-refractivity contribution in [3.8, 4) is 0 Å². The second-order valence-corrected chi connectivity index (χ2v) is 4.78. The number of rotatable bonds is 3. The van der Waals surface area contributed by atoms with E-state index < -0.39 is 18.8 Å². The van der Waals surface area contributed by atoms with Gasteiger partial charge in [0, 0.05) is 18.8 Å². The quantitative estimate of drug-likeness (QED) is 0.441. The monoisotopic (exact) mass is 429 g/mol. The molecule has 8 heteroatoms. The molecule has 1 aromatic carbocycles. The first kappa shape index (κ1) is 19.0. The Kier molecular flexibility index (Phi) is 6.92. The Morgan fingerprint density at radius 1 is 1.41 bits per heavy atom. The molecule has 1 aromatic rings. The van der Waals surface area contributed by atoms with E-state index in [9.17, 15) is 13.2 Å². The van der Waals surface area contributed by atoms with E-state index in [1.807, 2.05) is 36.1 Å². The summed E-state index contributed by atoms with van der Waals surface area (Å²) >= 11 is 0. The van der Waals surface area contributed by atoms with Gasteiger partial charge in [0.1, 0.15) is 0 Å². The number of aliphatic hydroxyl groups is 1. The van der Waals surface area contributed by atoms with E-state index >= 15 is 0 Å². The van der Waals surface area contributed by atoms with Crippen molar-refractivity contribution in [3.05, 3.63) is 29.8 Å². The van der Waals surface area contributed by atoms with Crippen LogP contribution in [0.3, 0.4) is 0 Å². The minimum Gasteiger partial charge on any atom is -0.382 e. The molecule has 2 rings (SSSR count). The molecule has 1 aliphatic heterocycles. The summed E-state index contributed by atoms with van der Waals surface area (Å²) in [5, 5.41) is 12.0. The number of fused-ring (bicyclic) bond motifs is 1. The number of aliphatic imine (C=N–C) groups is 1. The van der Waals surface area contributed by atoms with Gasteiger partial charge in [0.2, 0.25) is 0 Å². The van der Waals surface area contributed by atoms with Gasteiger partial charge in [-0.25, -0.2) is 4.99 Å². The van der Waals surface area contributed by atoms with Gasteiger partial charge in [-0.1, -0.05) is 18.2 Å². The van der Waals surface area contributed by atoms with Crippen LogP contribution in [-0.4, -0.2) is 43.0 Å². The molecule has 22 heavy (non-hydrogen) atoms. The molecule has 0 bridgehead atoms. The number of halogens is 4. The summed E-state index contributed by atoms with van der Waals surface area (Å²) in [6.45, 7) is 2.34. The Morgan fingerprint density at radius 3 is 2.73 bits per heavy atom. The number of guanidine groups is 1. The topological polar surface area (TPSA) is 47.9 Å². The van der Waals surface area contributed by atoms with Gasteiger partial charge in [0.25, 0.3) is 0 Å². The summed E-state index contributed by atoms with van der Waals surface area (Å²) in [5.74, 6) is 0.366. The third-order valence-corrected chi connectivity index (χ3v) is 3.27. The van der Waals surface area contributed by atoms with Crippen LogP contribution in [0.4, 0.5) is 18.9 Å². The van der Waals surface area contributed by atoms with Gasteiger partial charge in [-0.2, -0.15) is 13.2 Å². The van der Waals surface area contributed by atoms with E-state index in [1.165, 1.54) is 0 Å². The highest BCUT2D eigenvalue weighted by Gasteiger charge is 2.38. The summed E-state index contributed by atoms with van der Waals surface area (Å²) < 4.78 is 37.0. The summed E-state index contributed by atoms with van der Waals surface area (Å²) in [6, 6.07) is 7.71. The largest absolute Gasteiger partial charge is 0.416 e. The molecule has 0 amide bonds. The standard InChI is InChI=1S/C14H18F3N3O.HI/c1-2-18-13(19-9-12(21)14(15,16)17)20-8-7-10-5-3-4-6-11(10)20;/h3-6,12,21H,2,7-9H2,1H3,(H,18,19);1H. The Balaban J connectivity index is 0.00000242. The van der Waals surface area contributed by atoms with Gasteiger partial charge in [-0.15, -0.1) is 24.0 Å². The van der Waals surface area contributed by atoms with Crippen LogP contribution in [0.5, 0.6) is 0 Å². The lowest BCUT2D eigenvalue weighted by Gasteiger charge is -2.23. The Labute approximate surface area is 144 Å². The summed E-state index contributed by atoms with van der Waals surface area (Å²) in [6.07, 6.45) is -6.27. The van der Waals surface area contributed by atoms with Gasteiger partial charge < -0.3 is 15.3 Å². The minimum absolute atomic E-state index is 0. The van der Waals surface area contributed by atoms with Gasteiger partial charge >= 0.3 is 6.18 Å². The number of nitrogens with one attached hydrogen (secondary N) is 1. The summed E-state index contributed by atoms with van der Waals surface area (Å²) in [7, 11) is 0. The van der Waals surface area contributed by atoms with E-state index in [2.05, 4.69) is 10.3 Å². The molecule has 2 N–H and O–H groups in total. The molecule has 1 atom stereocenters. The van der Waals surface area contributed by atoms with Gasteiger partial charge in [0.05, 0.1) is 6.54 Å². The van der Waals surface area contributed by atoms with Crippen LogP contribution >= 0.6 is 24.0 Å². The van der Waals surface area contributed by atoms with Crippen LogP contribution in [0.25, 0.3) is 0 Å². The number of anilines is 1. The van der Waals surface area contributed by atoms with Crippen molar-refractivity contribution in [1.82, 2.24) is 5.32 Å². The van der Waals surface area contributed by atoms with Crippen LogP contribution in [0.15, 0.2) is 29.3 Å². The molecule has 124 valence electrons. The zero-order valence-corrected chi connectivity index (χ0v) is 14.4. The Morgan fingerprint density at radius 2 is 2.09 bits per heavy atom. The molecule has 0 spiro atoms. The number of nitrogens with zero attached hydrogens (tertiary/aromatic N) is 2. The van der Waals surface area contributed by atoms with E-state index in [4.69, 9.17) is 5.11 Å². The van der Waals surface area contributed by atoms with Gasteiger partial charge in [0.15, 0.2) is 12.1 Å². The zero-order chi connectivity index (χ0) is 15.5. The van der Waals surface area contributed by atoms with Crippen molar-refractivity contribution in [2.75, 3.05) is 24.5 Å². The van der Waals surface area contributed by atoms with Crippen LogP contribution in [0.2, 0.25) is 0 Å². The van der Waals surface area contributed by atoms with Crippen molar-refractivity contribution in [3.63, 3.8) is 0 Å². The van der Waals surface area contributed by atoms with Crippen LogP contribution < -0.4 is 10.2 Å². The molecular formula is C14H19F3IN3O. The van der Waals surface area contributed by atoms with Crippen molar-refractivity contribution in [2.45, 2.75) is 25.6 Å². The van der Waals surface area contributed by atoms with Crippen molar-refractivity contribution >= 4 is 35.6 Å². The maximum atomic E-state index is 12.3. The third kappa shape index (κ3) is 4.48. The molecule has 1 unspecified atom stereocenters. The minimum atomic E-state index is -4.65. The molecular weight excluding hydrogens is 410 g/mol. The fourth-order valence-corrected chi connectivity index (χ4v) is 2.23. The molecule has 0 saturated heterocycles. The molecule has 4 nitrogen and oxygen atoms in total. The number of hydrogen-bond acceptors (Lipinski definition) is 2. The first-order valence-electron chi connectivity index (χ1n) is 6.82. The summed E-state index contributed by atoms with van der Waals surface area (Å²) in [5.41, 5.74) is 2.08. The van der Waals surface area contributed by atoms with Crippen LogP contribution in [-0.2, 0) is 6.42 Å². The van der Waals surface area contributed by atoms with E-state index in [0.29, 0.717) is 19.0 Å². The first-order valence-corrected chi connectivity index (χ1v) is 6.82. The van der Waals surface area contributed by atoms with Gasteiger partial charge in [-0.05, 0) is 25.0 Å². The van der Waals surface area contributed by atoms with Crippen molar-refractivity contribution < 1.29 is 18.3 Å². The lowest BCUT2D eigenvalue weighted by molar-refractivity contribution is -0.199. The second-order valence-electron chi connectivity index (χ2n) is 4.78. The van der Waals surface area contributed by atoms with E-state index in [1.54, 1.807) is 0 Å². The predicted molar refractivity (Wildman–Crippen MR) is 90.9 cm³/mol. The number of aliphatic hydroxyl groups excluding tert-OH is 1. The lowest BCUT2D eigenvalue weighted by atomic mass is 10.2. The third-order valence-electron chi connectivity index (χ3n) is 3.27. The molecule has 0 aromatic heterocycles.